The molecule has 2 heterocycles. The molecule has 224 valence electrons. The molecule has 11 heteroatoms. The molecule has 2 aromatic rings. The highest BCUT2D eigenvalue weighted by atomic mass is 79.9. The third kappa shape index (κ3) is 7.75. The Morgan fingerprint density at radius 2 is 1.61 bits per heavy atom. The van der Waals surface area contributed by atoms with Crippen molar-refractivity contribution in [1.29, 1.82) is 0 Å². The van der Waals surface area contributed by atoms with Gasteiger partial charge in [0.1, 0.15) is 6.10 Å². The lowest BCUT2D eigenvalue weighted by molar-refractivity contribution is 0.0339. The van der Waals surface area contributed by atoms with E-state index in [-0.39, 0.29) is 38.5 Å². The molecular weight excluding hydrogens is 620 g/mol. The third-order valence-electron chi connectivity index (χ3n) is 8.32. The molecule has 3 rings (SSSR count). The normalized spacial score (nSPS) is 18.7. The number of hydrogen-bond donors (Lipinski definition) is 1. The van der Waals surface area contributed by atoms with Crippen LogP contribution in [0.2, 0.25) is 36.3 Å². The van der Waals surface area contributed by atoms with E-state index < -0.39 is 40.1 Å². The molecule has 0 bridgehead atoms. The summed E-state index contributed by atoms with van der Waals surface area (Å²) in [4.78, 5) is 40.8. The highest BCUT2D eigenvalue weighted by molar-refractivity contribution is 9.12. The van der Waals surface area contributed by atoms with Gasteiger partial charge >= 0.3 is 5.69 Å². The summed E-state index contributed by atoms with van der Waals surface area (Å²) in [6.45, 7) is 22.0. The fourth-order valence-corrected chi connectivity index (χ4v) is 6.40. The summed E-state index contributed by atoms with van der Waals surface area (Å²) < 4.78 is 21.1. The Morgan fingerprint density at radius 3 is 2.17 bits per heavy atom. The van der Waals surface area contributed by atoms with Crippen molar-refractivity contribution in [3.05, 3.63) is 79.1 Å². The summed E-state index contributed by atoms with van der Waals surface area (Å²) in [5, 5.41) is -0.0527. The molecule has 1 aromatic carbocycles. The first-order valence-corrected chi connectivity index (χ1v) is 20.4. The van der Waals surface area contributed by atoms with Crippen LogP contribution in [0.15, 0.2) is 56.5 Å². The molecule has 1 aliphatic rings. The predicted octanol–water partition coefficient (Wildman–Crippen LogP) is 6.76. The summed E-state index contributed by atoms with van der Waals surface area (Å²) in [5.74, 6) is -0.0662. The Balaban J connectivity index is 2.06. The number of benzene rings is 1. The van der Waals surface area contributed by atoms with Crippen molar-refractivity contribution in [3.8, 4) is 0 Å². The van der Waals surface area contributed by atoms with Crippen LogP contribution in [0.25, 0.3) is 12.0 Å². The number of rotatable bonds is 9. The number of aromatic nitrogens is 2. The zero-order chi connectivity index (χ0) is 31.0. The first-order chi connectivity index (χ1) is 18.7. The maximum Gasteiger partial charge on any atom is 0.335 e. The Hall–Kier alpha value is -2.32. The highest BCUT2D eigenvalue weighted by Gasteiger charge is 2.45. The van der Waals surface area contributed by atoms with Crippen LogP contribution < -0.4 is 11.2 Å². The van der Waals surface area contributed by atoms with E-state index in [0.29, 0.717) is 5.56 Å². The lowest BCUT2D eigenvalue weighted by Gasteiger charge is -2.40. The Kier molecular flexibility index (Phi) is 9.81. The molecule has 1 aliphatic heterocycles. The number of hydrogen-bond acceptors (Lipinski definition) is 6. The van der Waals surface area contributed by atoms with Crippen molar-refractivity contribution < 1.29 is 18.4 Å². The van der Waals surface area contributed by atoms with E-state index >= 15 is 0 Å². The van der Waals surface area contributed by atoms with E-state index in [2.05, 4.69) is 88.6 Å². The molecular formula is C30H43BrN2O6Si2. The van der Waals surface area contributed by atoms with Crippen LogP contribution in [-0.4, -0.2) is 50.8 Å². The standard InChI is InChI=1S/C30H43BrN2O6Si2/c1-29(2,3)40(7,8)37-19-24-23(39-41(9,10)30(4,5)6)18-26(38-24)33-21(17-25(34)32-28(33)36)16-22(31)27(35)20-14-12-11-13-15-20/h11-18,23-24H,19H2,1-10H3,(H,32,34,36)/b22-16+/t23-,24+/m0/s1. The van der Waals surface area contributed by atoms with Gasteiger partial charge in [0.2, 0.25) is 5.88 Å². The minimum atomic E-state index is -2.25. The number of allylic oxidation sites excluding steroid dienone is 1. The number of carbonyl (C=O) groups excluding carboxylic acids is 1. The summed E-state index contributed by atoms with van der Waals surface area (Å²) in [6.07, 6.45) is 2.27. The first kappa shape index (κ1) is 33.2. The summed E-state index contributed by atoms with van der Waals surface area (Å²) >= 11 is 3.35. The average molecular weight is 664 g/mol. The molecule has 0 amide bonds. The number of ether oxygens (including phenoxy) is 1. The molecule has 0 aliphatic carbocycles. The number of aromatic amines is 1. The quantitative estimate of drug-likeness (QED) is 0.181. The highest BCUT2D eigenvalue weighted by Crippen LogP contribution is 2.41. The van der Waals surface area contributed by atoms with Gasteiger partial charge in [0, 0.05) is 17.7 Å². The first-order valence-electron chi connectivity index (χ1n) is 13.8. The fraction of sp³-hybridized carbons (Fsp3) is 0.500. The Bertz CT molecular complexity index is 1450. The van der Waals surface area contributed by atoms with Gasteiger partial charge in [0.05, 0.1) is 16.8 Å². The van der Waals surface area contributed by atoms with Crippen molar-refractivity contribution >= 4 is 50.3 Å². The number of halogens is 1. The molecule has 8 nitrogen and oxygen atoms in total. The van der Waals surface area contributed by atoms with Crippen molar-refractivity contribution in [2.45, 2.75) is 90.0 Å². The summed E-state index contributed by atoms with van der Waals surface area (Å²) in [5.41, 5.74) is -0.607. The zero-order valence-electron chi connectivity index (χ0n) is 25.8. The van der Waals surface area contributed by atoms with Crippen LogP contribution in [0.1, 0.15) is 57.6 Å². The van der Waals surface area contributed by atoms with Gasteiger partial charge in [-0.1, -0.05) is 71.9 Å². The van der Waals surface area contributed by atoms with Crippen molar-refractivity contribution in [3.63, 3.8) is 0 Å². The topological polar surface area (TPSA) is 99.6 Å². The van der Waals surface area contributed by atoms with E-state index in [1.54, 1.807) is 30.3 Å². The fourth-order valence-electron chi connectivity index (χ4n) is 3.67. The van der Waals surface area contributed by atoms with Gasteiger partial charge in [-0.15, -0.1) is 0 Å². The van der Waals surface area contributed by atoms with Crippen LogP contribution in [0.3, 0.4) is 0 Å². The number of nitrogens with zero attached hydrogens (tertiary/aromatic N) is 1. The van der Waals surface area contributed by atoms with Crippen LogP contribution in [0, 0.1) is 0 Å². The van der Waals surface area contributed by atoms with Crippen molar-refractivity contribution in [1.82, 2.24) is 9.55 Å². The second kappa shape index (κ2) is 12.1. The average Bonchev–Trinajstić information content (AvgIpc) is 3.22. The zero-order valence-corrected chi connectivity index (χ0v) is 29.3. The van der Waals surface area contributed by atoms with Gasteiger partial charge in [-0.25, -0.2) is 9.36 Å². The van der Waals surface area contributed by atoms with Crippen LogP contribution >= 0.6 is 15.9 Å². The molecule has 0 saturated heterocycles. The molecule has 0 unspecified atom stereocenters. The third-order valence-corrected chi connectivity index (χ3v) is 17.9. The van der Waals surface area contributed by atoms with E-state index in [9.17, 15) is 14.4 Å². The predicted molar refractivity (Wildman–Crippen MR) is 173 cm³/mol. The molecule has 0 radical (unpaired) electrons. The monoisotopic (exact) mass is 662 g/mol. The number of Topliss-reactive ketones (excluding diaryl/α,β-unsaturated/α-hetero) is 1. The van der Waals surface area contributed by atoms with Gasteiger partial charge in [-0.2, -0.15) is 0 Å². The molecule has 1 aromatic heterocycles. The minimum Gasteiger partial charge on any atom is -0.470 e. The van der Waals surface area contributed by atoms with E-state index in [1.165, 1.54) is 16.7 Å². The van der Waals surface area contributed by atoms with Crippen molar-refractivity contribution in [2.24, 2.45) is 0 Å². The number of ketones is 1. The second-order valence-electron chi connectivity index (χ2n) is 13.5. The largest absolute Gasteiger partial charge is 0.470 e. The van der Waals surface area contributed by atoms with Gasteiger partial charge in [0.25, 0.3) is 5.56 Å². The Labute approximate surface area is 253 Å². The van der Waals surface area contributed by atoms with Gasteiger partial charge in [-0.3, -0.25) is 14.6 Å². The lowest BCUT2D eigenvalue weighted by atomic mass is 10.1. The molecule has 1 N–H and O–H groups in total. The SMILES string of the molecule is CC(C)(C)[Si](C)(C)OC[C@H]1OC(n2c(/C=C(/Br)C(=O)c3ccccc3)cc(=O)[nH]c2=O)=C[C@@H]1O[Si](C)(C)C(C)(C)C. The number of H-pyrrole nitrogens is 1. The molecule has 0 spiro atoms. The minimum absolute atomic E-state index is 0.00301. The number of carbonyl (C=O) groups is 1. The van der Waals surface area contributed by atoms with Gasteiger partial charge in [0.15, 0.2) is 28.5 Å². The maximum absolute atomic E-state index is 13.2. The molecule has 2 atom stereocenters. The second-order valence-corrected chi connectivity index (χ2v) is 23.9. The molecule has 41 heavy (non-hydrogen) atoms. The van der Waals surface area contributed by atoms with E-state index in [0.717, 1.165) is 0 Å². The maximum atomic E-state index is 13.2. The molecule has 0 fully saturated rings. The van der Waals surface area contributed by atoms with E-state index in [4.69, 9.17) is 13.6 Å². The van der Waals surface area contributed by atoms with E-state index in [1.807, 2.05) is 6.07 Å². The van der Waals surface area contributed by atoms with Crippen LogP contribution in [0.5, 0.6) is 0 Å². The summed E-state index contributed by atoms with van der Waals surface area (Å²) in [6, 6.07) is 10.0. The lowest BCUT2D eigenvalue weighted by Crippen LogP contribution is -2.48. The van der Waals surface area contributed by atoms with Crippen LogP contribution in [0.4, 0.5) is 0 Å². The smallest absolute Gasteiger partial charge is 0.335 e. The van der Waals surface area contributed by atoms with Crippen molar-refractivity contribution in [2.75, 3.05) is 6.61 Å². The van der Waals surface area contributed by atoms with Gasteiger partial charge in [-0.05, 0) is 58.3 Å². The Morgan fingerprint density at radius 1 is 1.02 bits per heavy atom. The molecule has 0 saturated carbocycles. The van der Waals surface area contributed by atoms with Crippen LogP contribution in [-0.2, 0) is 13.6 Å². The number of nitrogens with one attached hydrogen (secondary N) is 1. The summed E-state index contributed by atoms with van der Waals surface area (Å²) in [7, 11) is -4.36. The van der Waals surface area contributed by atoms with Gasteiger partial charge < -0.3 is 13.6 Å².